The Hall–Kier alpha value is -3.68. The number of ether oxygens (including phenoxy) is 1. The lowest BCUT2D eigenvalue weighted by Crippen LogP contribution is -2.55. The molecule has 0 amide bonds. The first-order valence-electron chi connectivity index (χ1n) is 11.5. The molecule has 2 bridgehead atoms. The van der Waals surface area contributed by atoms with Crippen molar-refractivity contribution in [1.82, 2.24) is 9.13 Å². The van der Waals surface area contributed by atoms with Crippen molar-refractivity contribution in [3.05, 3.63) is 59.7 Å². The van der Waals surface area contributed by atoms with Gasteiger partial charge in [0.15, 0.2) is 11.5 Å². The number of hydrogen-bond donors (Lipinski definition) is 2. The third kappa shape index (κ3) is 1.74. The number of para-hydroxylation sites is 2. The van der Waals surface area contributed by atoms with Gasteiger partial charge in [-0.2, -0.15) is 0 Å². The van der Waals surface area contributed by atoms with Gasteiger partial charge in [-0.1, -0.05) is 36.4 Å². The van der Waals surface area contributed by atoms with Gasteiger partial charge in [0, 0.05) is 39.9 Å². The molecule has 1 saturated heterocycles. The Morgan fingerprint density at radius 3 is 2.41 bits per heavy atom. The highest BCUT2D eigenvalue weighted by molar-refractivity contribution is 6.31. The van der Waals surface area contributed by atoms with Gasteiger partial charge in [-0.05, 0) is 31.0 Å². The van der Waals surface area contributed by atoms with Gasteiger partial charge >= 0.3 is 5.97 Å². The van der Waals surface area contributed by atoms with Crippen LogP contribution in [0.3, 0.4) is 0 Å². The lowest BCUT2D eigenvalue weighted by Gasteiger charge is -2.36. The zero-order chi connectivity index (χ0) is 23.1. The van der Waals surface area contributed by atoms with Crippen molar-refractivity contribution in [2.45, 2.75) is 43.7 Å². The number of aryl methyl sites for hydroxylation is 1. The molecule has 2 aromatic heterocycles. The van der Waals surface area contributed by atoms with Crippen LogP contribution in [0.4, 0.5) is 0 Å². The van der Waals surface area contributed by atoms with Gasteiger partial charge < -0.3 is 24.1 Å². The first kappa shape index (κ1) is 18.7. The van der Waals surface area contributed by atoms with Crippen molar-refractivity contribution in [3.8, 4) is 0 Å². The summed E-state index contributed by atoms with van der Waals surface area (Å²) in [6, 6.07) is 15.7. The van der Waals surface area contributed by atoms with Crippen LogP contribution in [0.2, 0.25) is 0 Å². The number of carboxylic acids is 1. The summed E-state index contributed by atoms with van der Waals surface area (Å²) in [5.74, 6) is -1.17. The fraction of sp³-hybridized carbons (Fsp3) is 0.259. The molecule has 2 N–H and O–H groups in total. The Bertz CT molecular complexity index is 1810. The van der Waals surface area contributed by atoms with E-state index in [-0.39, 0.29) is 12.2 Å². The molecular weight excluding hydrogens is 432 g/mol. The molecule has 0 saturated carbocycles. The molecule has 0 radical (unpaired) electrons. The van der Waals surface area contributed by atoms with E-state index < -0.39 is 23.5 Å². The third-order valence-electron chi connectivity index (χ3n) is 8.42. The zero-order valence-electron chi connectivity index (χ0n) is 18.3. The quantitative estimate of drug-likeness (QED) is 0.392. The van der Waals surface area contributed by atoms with Crippen LogP contribution in [0.25, 0.3) is 43.6 Å². The molecule has 3 aliphatic rings. The van der Waals surface area contributed by atoms with Crippen molar-refractivity contribution in [3.63, 3.8) is 0 Å². The van der Waals surface area contributed by atoms with E-state index in [2.05, 4.69) is 0 Å². The Kier molecular flexibility index (Phi) is 3.03. The maximum absolute atomic E-state index is 13.3. The van der Waals surface area contributed by atoms with Gasteiger partial charge in [-0.3, -0.25) is 4.79 Å². The number of carbonyl (C=O) groups is 2. The highest BCUT2D eigenvalue weighted by atomic mass is 16.6. The number of aliphatic carboxylic acids is 1. The fourth-order valence-corrected chi connectivity index (χ4v) is 6.97. The summed E-state index contributed by atoms with van der Waals surface area (Å²) in [5.41, 5.74) is 1.45. The Labute approximate surface area is 192 Å². The number of aliphatic hydroxyl groups is 1. The van der Waals surface area contributed by atoms with Crippen LogP contribution in [0.1, 0.15) is 41.9 Å². The highest BCUT2D eigenvalue weighted by Gasteiger charge is 2.65. The van der Waals surface area contributed by atoms with Crippen LogP contribution >= 0.6 is 0 Å². The van der Waals surface area contributed by atoms with E-state index in [9.17, 15) is 19.8 Å². The van der Waals surface area contributed by atoms with Crippen molar-refractivity contribution >= 4 is 55.4 Å². The summed E-state index contributed by atoms with van der Waals surface area (Å²) in [7, 11) is 0. The maximum Gasteiger partial charge on any atom is 0.341 e. The molecule has 1 fully saturated rings. The van der Waals surface area contributed by atoms with Crippen LogP contribution in [0.5, 0.6) is 0 Å². The van der Waals surface area contributed by atoms with Gasteiger partial charge in [0.1, 0.15) is 6.23 Å². The minimum absolute atomic E-state index is 0.106. The number of benzene rings is 3. The Morgan fingerprint density at radius 2 is 1.68 bits per heavy atom. The van der Waals surface area contributed by atoms with Gasteiger partial charge in [0.05, 0.1) is 22.1 Å². The molecular formula is C27H20N2O5. The summed E-state index contributed by atoms with van der Waals surface area (Å²) in [6.07, 6.45) is 0.285. The summed E-state index contributed by atoms with van der Waals surface area (Å²) in [5, 5.41) is 25.6. The molecule has 4 heterocycles. The number of carboxylic acid groups (broad SMARTS) is 1. The van der Waals surface area contributed by atoms with Gasteiger partial charge in [-0.15, -0.1) is 0 Å². The second-order valence-electron chi connectivity index (χ2n) is 9.89. The van der Waals surface area contributed by atoms with E-state index in [1.54, 1.807) is 6.92 Å². The zero-order valence-corrected chi connectivity index (χ0v) is 18.3. The van der Waals surface area contributed by atoms with Crippen molar-refractivity contribution in [2.75, 3.05) is 0 Å². The number of hydrogen-bond acceptors (Lipinski definition) is 4. The minimum atomic E-state index is -2.14. The lowest BCUT2D eigenvalue weighted by molar-refractivity contribution is -0.200. The first-order valence-corrected chi connectivity index (χ1v) is 11.5. The van der Waals surface area contributed by atoms with E-state index in [1.807, 2.05) is 57.7 Å². The molecule has 0 unspecified atom stereocenters. The van der Waals surface area contributed by atoms with Gasteiger partial charge in [-0.25, -0.2) is 4.79 Å². The molecule has 1 aliphatic carbocycles. The largest absolute Gasteiger partial charge is 0.479 e. The van der Waals surface area contributed by atoms with Crippen molar-refractivity contribution in [1.29, 1.82) is 0 Å². The van der Waals surface area contributed by atoms with E-state index in [1.165, 1.54) is 0 Å². The van der Waals surface area contributed by atoms with Gasteiger partial charge in [0.25, 0.3) is 0 Å². The number of aromatic nitrogens is 2. The number of rotatable bonds is 1. The minimum Gasteiger partial charge on any atom is -0.479 e. The average molecular weight is 452 g/mol. The lowest BCUT2D eigenvalue weighted by atomic mass is 9.89. The SMILES string of the molecule is C[C@@]12O[C@@H](C[C@@]1(O)C(=O)O)n1c3ccccc3c3c4c(c5c6ccccc6n2c5c31)CCC4=O. The van der Waals surface area contributed by atoms with Crippen LogP contribution in [0.15, 0.2) is 48.5 Å². The van der Waals surface area contributed by atoms with Gasteiger partial charge in [0.2, 0.25) is 5.60 Å². The van der Waals surface area contributed by atoms with Crippen LogP contribution in [-0.4, -0.2) is 36.7 Å². The van der Waals surface area contributed by atoms with E-state index in [4.69, 9.17) is 4.74 Å². The number of fused-ring (bicyclic) bond motifs is 13. The molecule has 34 heavy (non-hydrogen) atoms. The molecule has 7 heteroatoms. The highest BCUT2D eigenvalue weighted by Crippen LogP contribution is 2.57. The van der Waals surface area contributed by atoms with E-state index >= 15 is 0 Å². The smallest absolute Gasteiger partial charge is 0.341 e. The Morgan fingerprint density at radius 1 is 1.00 bits per heavy atom. The molecule has 2 aliphatic heterocycles. The molecule has 8 rings (SSSR count). The average Bonchev–Trinajstić information content (AvgIpc) is 3.51. The molecule has 3 aromatic carbocycles. The normalized spacial score (nSPS) is 27.5. The standard InChI is InChI=1S/C27H20N2O5/c1-26-27(33,25(31)32)12-19(34-26)28-16-8-4-2-6-13(16)22-21-15(10-11-18(21)30)20-14-7-3-5-9-17(14)29(26)24(20)23(22)28/h2-9,19,33H,10-12H2,1H3,(H,31,32)/t19-,26+,27+/m0/s1. The third-order valence-corrected chi connectivity index (χ3v) is 8.42. The molecule has 0 spiro atoms. The number of Topliss-reactive ketones (excluding diaryl/α,β-unsaturated/α-hetero) is 1. The Balaban J connectivity index is 1.77. The second-order valence-corrected chi connectivity index (χ2v) is 9.89. The van der Waals surface area contributed by atoms with Crippen LogP contribution in [-0.2, 0) is 21.7 Å². The van der Waals surface area contributed by atoms with E-state index in [0.717, 1.165) is 54.7 Å². The summed E-state index contributed by atoms with van der Waals surface area (Å²) >= 11 is 0. The first-order chi connectivity index (χ1) is 16.4. The number of ketones is 1. The fourth-order valence-electron chi connectivity index (χ4n) is 6.97. The summed E-state index contributed by atoms with van der Waals surface area (Å²) in [6.45, 7) is 1.67. The van der Waals surface area contributed by atoms with E-state index in [0.29, 0.717) is 12.8 Å². The molecule has 7 nitrogen and oxygen atoms in total. The van der Waals surface area contributed by atoms with Crippen molar-refractivity contribution < 1.29 is 24.5 Å². The number of carbonyl (C=O) groups excluding carboxylic acids is 1. The predicted octanol–water partition coefficient (Wildman–Crippen LogP) is 4.45. The molecule has 168 valence electrons. The van der Waals surface area contributed by atoms with Crippen molar-refractivity contribution in [2.24, 2.45) is 0 Å². The molecule has 5 aromatic rings. The maximum atomic E-state index is 13.3. The number of nitrogens with zero attached hydrogens (tertiary/aromatic N) is 2. The topological polar surface area (TPSA) is 93.7 Å². The summed E-state index contributed by atoms with van der Waals surface area (Å²) < 4.78 is 10.5. The molecule has 3 atom stereocenters. The second kappa shape index (κ2) is 5.51. The summed E-state index contributed by atoms with van der Waals surface area (Å²) in [4.78, 5) is 25.8. The van der Waals surface area contributed by atoms with Crippen LogP contribution in [0, 0.1) is 0 Å². The predicted molar refractivity (Wildman–Crippen MR) is 126 cm³/mol. The monoisotopic (exact) mass is 452 g/mol. The van der Waals surface area contributed by atoms with Crippen LogP contribution < -0.4 is 0 Å².